The summed E-state index contributed by atoms with van der Waals surface area (Å²) >= 11 is 4.60. The Balaban J connectivity index is 1.61. The summed E-state index contributed by atoms with van der Waals surface area (Å²) in [7, 11) is 0. The van der Waals surface area contributed by atoms with Gasteiger partial charge < -0.3 is 0 Å². The van der Waals surface area contributed by atoms with Crippen LogP contribution >= 0.6 is 12.2 Å². The second kappa shape index (κ2) is 9.21. The normalized spacial score (nSPS) is 19.8. The second-order valence-corrected chi connectivity index (χ2v) is 7.58. The summed E-state index contributed by atoms with van der Waals surface area (Å²) < 4.78 is 14.6. The molecule has 3 heteroatoms. The molecule has 0 aliphatic heterocycles. The van der Waals surface area contributed by atoms with E-state index in [2.05, 4.69) is 35.4 Å². The maximum atomic E-state index is 14.6. The number of isothiocyanates is 1. The molecule has 0 spiro atoms. The lowest BCUT2D eigenvalue weighted by Crippen LogP contribution is -2.14. The van der Waals surface area contributed by atoms with E-state index in [1.807, 2.05) is 30.3 Å². The monoisotopic (exact) mass is 367 g/mol. The molecule has 1 aliphatic carbocycles. The van der Waals surface area contributed by atoms with Gasteiger partial charge in [-0.1, -0.05) is 63.3 Å². The van der Waals surface area contributed by atoms with Crippen molar-refractivity contribution in [2.75, 3.05) is 0 Å². The molecule has 0 bridgehead atoms. The molecule has 2 aromatic carbocycles. The lowest BCUT2D eigenvalue weighted by atomic mass is 9.78. The molecule has 0 atom stereocenters. The molecule has 1 nitrogen and oxygen atoms in total. The number of thiocarbonyl (C=S) groups is 1. The maximum absolute atomic E-state index is 14.6. The third-order valence-corrected chi connectivity index (χ3v) is 5.86. The molecule has 0 saturated heterocycles. The van der Waals surface area contributed by atoms with Crippen molar-refractivity contribution in [3.05, 3.63) is 53.8 Å². The van der Waals surface area contributed by atoms with Crippen molar-refractivity contribution in [3.8, 4) is 11.1 Å². The van der Waals surface area contributed by atoms with Crippen LogP contribution in [0.3, 0.4) is 0 Å². The highest BCUT2D eigenvalue weighted by Crippen LogP contribution is 2.33. The van der Waals surface area contributed by atoms with E-state index in [1.165, 1.54) is 38.5 Å². The third kappa shape index (κ3) is 4.87. The molecule has 0 N–H and O–H groups in total. The third-order valence-electron chi connectivity index (χ3n) is 5.77. The summed E-state index contributed by atoms with van der Waals surface area (Å²) in [4.78, 5) is 3.93. The van der Waals surface area contributed by atoms with Crippen LogP contribution < -0.4 is 0 Å². The minimum atomic E-state index is -0.150. The molecule has 1 aliphatic rings. The number of rotatable bonds is 6. The highest BCUT2D eigenvalue weighted by atomic mass is 32.1. The van der Waals surface area contributed by atoms with Crippen LogP contribution in [0.15, 0.2) is 47.5 Å². The summed E-state index contributed by atoms with van der Waals surface area (Å²) in [5.74, 6) is 1.60. The minimum Gasteiger partial charge on any atom is -0.206 e. The van der Waals surface area contributed by atoms with Crippen molar-refractivity contribution in [2.24, 2.45) is 16.8 Å². The summed E-state index contributed by atoms with van der Waals surface area (Å²) in [6, 6.07) is 13.1. The number of benzene rings is 2. The molecule has 1 saturated carbocycles. The Kier molecular flexibility index (Phi) is 6.71. The van der Waals surface area contributed by atoms with E-state index in [9.17, 15) is 4.39 Å². The molecule has 0 aromatic heterocycles. The van der Waals surface area contributed by atoms with Crippen LogP contribution in [-0.4, -0.2) is 5.16 Å². The number of aryl methyl sites for hydroxylation is 1. The van der Waals surface area contributed by atoms with Gasteiger partial charge in [-0.2, -0.15) is 4.99 Å². The van der Waals surface area contributed by atoms with Crippen molar-refractivity contribution in [2.45, 2.75) is 51.9 Å². The zero-order valence-electron chi connectivity index (χ0n) is 15.4. The van der Waals surface area contributed by atoms with E-state index >= 15 is 0 Å². The van der Waals surface area contributed by atoms with E-state index in [0.29, 0.717) is 5.56 Å². The van der Waals surface area contributed by atoms with E-state index in [1.54, 1.807) is 6.07 Å². The SMILES string of the molecule is CC[C@H]1CC[C@H](CCc2ccc(-c3ccc(N=C=S)cc3)c(F)c2)CC1. The van der Waals surface area contributed by atoms with Crippen LogP contribution in [0.4, 0.5) is 10.1 Å². The Labute approximate surface area is 161 Å². The smallest absolute Gasteiger partial charge is 0.131 e. The highest BCUT2D eigenvalue weighted by Gasteiger charge is 2.19. The lowest BCUT2D eigenvalue weighted by Gasteiger charge is -2.27. The highest BCUT2D eigenvalue weighted by molar-refractivity contribution is 7.78. The Morgan fingerprint density at radius 3 is 2.35 bits per heavy atom. The first-order valence-corrected chi connectivity index (χ1v) is 10.1. The Hall–Kier alpha value is -1.83. The molecule has 0 unspecified atom stereocenters. The molecular formula is C23H26FNS. The quantitative estimate of drug-likeness (QED) is 0.383. The summed E-state index contributed by atoms with van der Waals surface area (Å²) in [6.07, 6.45) is 8.90. The van der Waals surface area contributed by atoms with Gasteiger partial charge in [0.25, 0.3) is 0 Å². The van der Waals surface area contributed by atoms with Crippen molar-refractivity contribution < 1.29 is 4.39 Å². The largest absolute Gasteiger partial charge is 0.206 e. The molecule has 0 heterocycles. The second-order valence-electron chi connectivity index (χ2n) is 7.40. The zero-order chi connectivity index (χ0) is 18.4. The summed E-state index contributed by atoms with van der Waals surface area (Å²) in [5, 5.41) is 2.34. The summed E-state index contributed by atoms with van der Waals surface area (Å²) in [5.41, 5.74) is 3.33. The number of nitrogens with zero attached hydrogens (tertiary/aromatic N) is 1. The van der Waals surface area contributed by atoms with Crippen molar-refractivity contribution in [1.29, 1.82) is 0 Å². The Morgan fingerprint density at radius 1 is 1.04 bits per heavy atom. The first-order chi connectivity index (χ1) is 12.7. The van der Waals surface area contributed by atoms with Gasteiger partial charge in [0.15, 0.2) is 0 Å². The predicted molar refractivity (Wildman–Crippen MR) is 111 cm³/mol. The fraction of sp³-hybridized carbons (Fsp3) is 0.435. The van der Waals surface area contributed by atoms with Crippen LogP contribution in [0.1, 0.15) is 51.0 Å². The van der Waals surface area contributed by atoms with E-state index < -0.39 is 0 Å². The number of hydrogen-bond acceptors (Lipinski definition) is 2. The molecule has 3 rings (SSSR count). The molecule has 2 aromatic rings. The minimum absolute atomic E-state index is 0.150. The van der Waals surface area contributed by atoms with E-state index in [-0.39, 0.29) is 5.82 Å². The maximum Gasteiger partial charge on any atom is 0.131 e. The van der Waals surface area contributed by atoms with Crippen molar-refractivity contribution in [1.82, 2.24) is 0 Å². The zero-order valence-corrected chi connectivity index (χ0v) is 16.2. The Bertz CT molecular complexity index is 769. The molecule has 0 radical (unpaired) electrons. The predicted octanol–water partition coefficient (Wildman–Crippen LogP) is 7.38. The van der Waals surface area contributed by atoms with Crippen LogP contribution in [-0.2, 0) is 6.42 Å². The number of aliphatic imine (C=N–C) groups is 1. The fourth-order valence-electron chi connectivity index (χ4n) is 4.02. The average molecular weight is 368 g/mol. The molecule has 26 heavy (non-hydrogen) atoms. The van der Waals surface area contributed by atoms with Crippen LogP contribution in [0.2, 0.25) is 0 Å². The van der Waals surface area contributed by atoms with E-state index in [4.69, 9.17) is 0 Å². The molecule has 0 amide bonds. The van der Waals surface area contributed by atoms with Gasteiger partial charge in [0.2, 0.25) is 0 Å². The standard InChI is InChI=1S/C23H26FNS/c1-2-17-3-5-18(6-4-17)7-8-19-9-14-22(23(24)15-19)20-10-12-21(13-11-20)25-16-26/h9-15,17-18H,2-8H2,1H3/t17-,18-. The summed E-state index contributed by atoms with van der Waals surface area (Å²) in [6.45, 7) is 2.30. The van der Waals surface area contributed by atoms with Gasteiger partial charge in [-0.15, -0.1) is 0 Å². The first-order valence-electron chi connectivity index (χ1n) is 9.66. The van der Waals surface area contributed by atoms with Gasteiger partial charge in [-0.25, -0.2) is 4.39 Å². The first kappa shape index (κ1) is 18.9. The van der Waals surface area contributed by atoms with Gasteiger partial charge in [-0.3, -0.25) is 0 Å². The molecule has 136 valence electrons. The van der Waals surface area contributed by atoms with Gasteiger partial charge in [-0.05, 0) is 66.2 Å². The van der Waals surface area contributed by atoms with Crippen LogP contribution in [0, 0.1) is 17.7 Å². The number of halogens is 1. The Morgan fingerprint density at radius 2 is 1.73 bits per heavy atom. The van der Waals surface area contributed by atoms with Gasteiger partial charge in [0.1, 0.15) is 5.82 Å². The van der Waals surface area contributed by atoms with Crippen molar-refractivity contribution >= 4 is 23.1 Å². The van der Waals surface area contributed by atoms with E-state index in [0.717, 1.165) is 35.1 Å². The van der Waals surface area contributed by atoms with Crippen LogP contribution in [0.5, 0.6) is 0 Å². The van der Waals surface area contributed by atoms with Gasteiger partial charge in [0, 0.05) is 5.56 Å². The fourth-order valence-corrected chi connectivity index (χ4v) is 4.12. The van der Waals surface area contributed by atoms with Gasteiger partial charge in [0.05, 0.1) is 10.8 Å². The lowest BCUT2D eigenvalue weighted by molar-refractivity contribution is 0.259. The number of hydrogen-bond donors (Lipinski definition) is 0. The molecular weight excluding hydrogens is 341 g/mol. The average Bonchev–Trinajstić information content (AvgIpc) is 2.68. The molecule has 1 fully saturated rings. The van der Waals surface area contributed by atoms with Crippen LogP contribution in [0.25, 0.3) is 11.1 Å². The van der Waals surface area contributed by atoms with Gasteiger partial charge >= 0.3 is 0 Å². The van der Waals surface area contributed by atoms with Crippen molar-refractivity contribution in [3.63, 3.8) is 0 Å². The topological polar surface area (TPSA) is 12.4 Å².